The summed E-state index contributed by atoms with van der Waals surface area (Å²) in [4.78, 5) is 27.7. The molecule has 0 saturated heterocycles. The van der Waals surface area contributed by atoms with Crippen LogP contribution in [0.25, 0.3) is 5.57 Å². The number of anilines is 2. The summed E-state index contributed by atoms with van der Waals surface area (Å²) >= 11 is 6.26. The lowest BCUT2D eigenvalue weighted by Crippen LogP contribution is -2.22. The summed E-state index contributed by atoms with van der Waals surface area (Å²) in [6, 6.07) is 12.3. The Morgan fingerprint density at radius 3 is 2.20 bits per heavy atom. The first-order valence-electron chi connectivity index (χ1n) is 8.22. The molecule has 0 spiro atoms. The van der Waals surface area contributed by atoms with E-state index in [4.69, 9.17) is 17.3 Å². The molecule has 0 atom stereocenters. The summed E-state index contributed by atoms with van der Waals surface area (Å²) < 4.78 is 0. The molecule has 0 heterocycles. The van der Waals surface area contributed by atoms with Crippen molar-refractivity contribution in [2.75, 3.05) is 23.7 Å². The molecule has 2 aromatic rings. The zero-order chi connectivity index (χ0) is 18.1. The van der Waals surface area contributed by atoms with Gasteiger partial charge >= 0.3 is 0 Å². The smallest absolute Gasteiger partial charge is 0.205 e. The van der Waals surface area contributed by atoms with Crippen LogP contribution in [0.2, 0.25) is 0 Å². The number of hydrogen-bond donors (Lipinski definition) is 1. The van der Waals surface area contributed by atoms with Crippen LogP contribution in [0.1, 0.15) is 40.1 Å². The monoisotopic (exact) mass is 354 g/mol. The van der Waals surface area contributed by atoms with Gasteiger partial charge in [0, 0.05) is 30.0 Å². The minimum atomic E-state index is -0.369. The van der Waals surface area contributed by atoms with E-state index < -0.39 is 0 Å². The highest BCUT2D eigenvalue weighted by Crippen LogP contribution is 2.37. The highest BCUT2D eigenvalue weighted by Gasteiger charge is 2.33. The Balaban J connectivity index is 2.08. The lowest BCUT2D eigenvalue weighted by Gasteiger charge is -2.22. The number of ketones is 2. The molecule has 0 radical (unpaired) electrons. The van der Waals surface area contributed by atoms with Gasteiger partial charge in [0.05, 0.1) is 11.1 Å². The van der Waals surface area contributed by atoms with Gasteiger partial charge in [0.1, 0.15) is 5.03 Å². The quantitative estimate of drug-likeness (QED) is 0.838. The molecule has 2 N–H and O–H groups in total. The van der Waals surface area contributed by atoms with E-state index in [9.17, 15) is 9.59 Å². The van der Waals surface area contributed by atoms with Crippen LogP contribution in [-0.2, 0) is 0 Å². The molecule has 25 heavy (non-hydrogen) atoms. The van der Waals surface area contributed by atoms with Gasteiger partial charge in [-0.15, -0.1) is 0 Å². The van der Waals surface area contributed by atoms with Crippen molar-refractivity contribution >= 4 is 40.1 Å². The van der Waals surface area contributed by atoms with Crippen molar-refractivity contribution in [2.24, 2.45) is 0 Å². The number of hydrogen-bond acceptors (Lipinski definition) is 4. The van der Waals surface area contributed by atoms with E-state index in [0.29, 0.717) is 5.56 Å². The van der Waals surface area contributed by atoms with Crippen LogP contribution >= 0.6 is 11.6 Å². The average molecular weight is 355 g/mol. The number of benzene rings is 2. The molecule has 0 unspecified atom stereocenters. The van der Waals surface area contributed by atoms with E-state index in [2.05, 4.69) is 18.7 Å². The number of rotatable bonds is 4. The molecule has 0 saturated carbocycles. The Bertz CT molecular complexity index is 881. The van der Waals surface area contributed by atoms with Gasteiger partial charge in [-0.2, -0.15) is 0 Å². The third kappa shape index (κ3) is 2.83. The summed E-state index contributed by atoms with van der Waals surface area (Å²) in [6.45, 7) is 5.95. The second-order valence-electron chi connectivity index (χ2n) is 5.84. The molecule has 0 bridgehead atoms. The van der Waals surface area contributed by atoms with Gasteiger partial charge in [-0.3, -0.25) is 9.59 Å². The first-order chi connectivity index (χ1) is 12.0. The molecular weight excluding hydrogens is 336 g/mol. The number of halogens is 1. The van der Waals surface area contributed by atoms with Crippen molar-refractivity contribution in [1.29, 1.82) is 0 Å². The van der Waals surface area contributed by atoms with Crippen LogP contribution in [0.5, 0.6) is 0 Å². The average Bonchev–Trinajstić information content (AvgIpc) is 2.62. The molecule has 0 amide bonds. The molecule has 4 nitrogen and oxygen atoms in total. The number of allylic oxidation sites excluding steroid dienone is 2. The number of fused-ring (bicyclic) bond motifs is 1. The Hall–Kier alpha value is -2.59. The Labute approximate surface area is 151 Å². The lowest BCUT2D eigenvalue weighted by molar-refractivity contribution is 0.0998. The van der Waals surface area contributed by atoms with Crippen LogP contribution < -0.4 is 10.6 Å². The van der Waals surface area contributed by atoms with Gasteiger partial charge in [0.15, 0.2) is 5.78 Å². The Morgan fingerprint density at radius 1 is 0.960 bits per heavy atom. The van der Waals surface area contributed by atoms with E-state index in [1.54, 1.807) is 18.2 Å². The van der Waals surface area contributed by atoms with Crippen molar-refractivity contribution < 1.29 is 9.59 Å². The first kappa shape index (κ1) is 17.2. The van der Waals surface area contributed by atoms with E-state index in [0.717, 1.165) is 18.8 Å². The summed E-state index contributed by atoms with van der Waals surface area (Å²) in [5, 5.41) is -0.0568. The van der Waals surface area contributed by atoms with Gasteiger partial charge in [0.2, 0.25) is 5.78 Å². The van der Waals surface area contributed by atoms with Crippen molar-refractivity contribution in [3.05, 3.63) is 64.2 Å². The van der Waals surface area contributed by atoms with Crippen molar-refractivity contribution in [3.63, 3.8) is 0 Å². The molecule has 1 aliphatic carbocycles. The Kier molecular flexibility index (Phi) is 4.64. The lowest BCUT2D eigenvalue weighted by atomic mass is 9.85. The van der Waals surface area contributed by atoms with E-state index >= 15 is 0 Å². The normalized spacial score (nSPS) is 13.9. The summed E-state index contributed by atoms with van der Waals surface area (Å²) in [5.74, 6) is -0.681. The molecule has 2 aromatic carbocycles. The second kappa shape index (κ2) is 6.73. The first-order valence-corrected chi connectivity index (χ1v) is 8.60. The second-order valence-corrected chi connectivity index (χ2v) is 6.21. The summed E-state index contributed by atoms with van der Waals surface area (Å²) in [7, 11) is 0. The number of carbonyl (C=O) groups is 2. The number of nitrogens with zero attached hydrogens (tertiary/aromatic N) is 1. The van der Waals surface area contributed by atoms with Crippen LogP contribution in [0.3, 0.4) is 0 Å². The molecule has 0 fully saturated rings. The van der Waals surface area contributed by atoms with E-state index in [-0.39, 0.29) is 39.0 Å². The minimum Gasteiger partial charge on any atom is -0.398 e. The molecule has 0 aliphatic heterocycles. The maximum absolute atomic E-state index is 12.9. The number of carbonyl (C=O) groups excluding carboxylic acids is 2. The van der Waals surface area contributed by atoms with Crippen LogP contribution in [0.4, 0.5) is 11.4 Å². The third-order valence-corrected chi connectivity index (χ3v) is 4.86. The van der Waals surface area contributed by atoms with Gasteiger partial charge in [-0.05, 0) is 37.6 Å². The maximum Gasteiger partial charge on any atom is 0.205 e. The molecule has 5 heteroatoms. The zero-order valence-corrected chi connectivity index (χ0v) is 14.9. The number of nitrogens with two attached hydrogens (primary N) is 1. The van der Waals surface area contributed by atoms with Crippen LogP contribution in [0, 0.1) is 0 Å². The predicted molar refractivity (Wildman–Crippen MR) is 102 cm³/mol. The fraction of sp³-hybridized carbons (Fsp3) is 0.200. The molecule has 128 valence electrons. The van der Waals surface area contributed by atoms with E-state index in [1.807, 2.05) is 24.3 Å². The van der Waals surface area contributed by atoms with E-state index in [1.165, 1.54) is 0 Å². The molecule has 1 aliphatic rings. The topological polar surface area (TPSA) is 63.4 Å². The van der Waals surface area contributed by atoms with Crippen LogP contribution in [0.15, 0.2) is 47.5 Å². The standard InChI is InChI=1S/C20H19ClN2O2/c1-3-23(4-2)13-10-8-12(9-11-13)16-18(21)19(24)14-6-5-7-15(22)17(14)20(16)25/h5-11H,3-4,22H2,1-2H3. The highest BCUT2D eigenvalue weighted by molar-refractivity contribution is 6.57. The van der Waals surface area contributed by atoms with Gasteiger partial charge < -0.3 is 10.6 Å². The summed E-state index contributed by atoms with van der Waals surface area (Å²) in [5.41, 5.74) is 8.61. The van der Waals surface area contributed by atoms with Gasteiger partial charge in [-0.25, -0.2) is 0 Å². The minimum absolute atomic E-state index is 0.0568. The Morgan fingerprint density at radius 2 is 1.60 bits per heavy atom. The zero-order valence-electron chi connectivity index (χ0n) is 14.2. The molecule has 0 aromatic heterocycles. The van der Waals surface area contributed by atoms with Crippen molar-refractivity contribution in [1.82, 2.24) is 0 Å². The molecule has 3 rings (SSSR count). The van der Waals surface area contributed by atoms with Gasteiger partial charge in [-0.1, -0.05) is 35.9 Å². The van der Waals surface area contributed by atoms with Gasteiger partial charge in [0.25, 0.3) is 0 Å². The molecular formula is C20H19ClN2O2. The number of nitrogen functional groups attached to an aromatic ring is 1. The van der Waals surface area contributed by atoms with Crippen molar-refractivity contribution in [3.8, 4) is 0 Å². The maximum atomic E-state index is 12.9. The van der Waals surface area contributed by atoms with Crippen molar-refractivity contribution in [2.45, 2.75) is 13.8 Å². The largest absolute Gasteiger partial charge is 0.398 e. The third-order valence-electron chi connectivity index (χ3n) is 4.50. The fourth-order valence-electron chi connectivity index (χ4n) is 3.15. The van der Waals surface area contributed by atoms with Crippen LogP contribution in [-0.4, -0.2) is 24.7 Å². The fourth-order valence-corrected chi connectivity index (χ4v) is 3.45. The summed E-state index contributed by atoms with van der Waals surface area (Å²) in [6.07, 6.45) is 0. The highest BCUT2D eigenvalue weighted by atomic mass is 35.5. The predicted octanol–water partition coefficient (Wildman–Crippen LogP) is 4.14. The SMILES string of the molecule is CCN(CC)c1ccc(C2=C(Cl)C(=O)c3cccc(N)c3C2=O)cc1. The number of Topliss-reactive ketones (excluding diaryl/α,β-unsaturated/α-hetero) is 2.